The van der Waals surface area contributed by atoms with Crippen molar-refractivity contribution in [3.05, 3.63) is 118 Å². The van der Waals surface area contributed by atoms with Gasteiger partial charge in [0.25, 0.3) is 11.8 Å². The standard InChI is InChI=1S/C30H25Cl2N3O4S/c1-2-27(30(38)34-25-14-13-20(31)16-24(25)32)40-23-12-6-10-21(17-23)33-29(37)26(18-22-11-7-15-39-22)35-28(36)19-8-4-3-5-9-19/h3-18,27H,2H2,1H3,(H,33,37)(H,34,38)(H,35,36)/b26-18-. The minimum atomic E-state index is -0.537. The zero-order valence-corrected chi connectivity index (χ0v) is 23.6. The van der Waals surface area contributed by atoms with Crippen LogP contribution in [-0.4, -0.2) is 23.0 Å². The first-order valence-electron chi connectivity index (χ1n) is 12.3. The van der Waals surface area contributed by atoms with E-state index in [-0.39, 0.29) is 11.6 Å². The average molecular weight is 595 g/mol. The maximum atomic E-state index is 13.2. The number of anilines is 2. The van der Waals surface area contributed by atoms with Gasteiger partial charge in [-0.3, -0.25) is 14.4 Å². The van der Waals surface area contributed by atoms with Gasteiger partial charge in [-0.15, -0.1) is 11.8 Å². The minimum Gasteiger partial charge on any atom is -0.465 e. The fraction of sp³-hybridized carbons (Fsp3) is 0.100. The Morgan fingerprint density at radius 1 is 0.925 bits per heavy atom. The Balaban J connectivity index is 1.47. The Morgan fingerprint density at radius 3 is 2.42 bits per heavy atom. The molecule has 0 aliphatic rings. The monoisotopic (exact) mass is 593 g/mol. The number of hydrogen-bond acceptors (Lipinski definition) is 5. The molecule has 1 unspecified atom stereocenters. The molecule has 4 aromatic rings. The number of hydrogen-bond donors (Lipinski definition) is 3. The number of nitrogens with one attached hydrogen (secondary N) is 3. The van der Waals surface area contributed by atoms with Gasteiger partial charge in [-0.05, 0) is 67.1 Å². The molecule has 3 N–H and O–H groups in total. The van der Waals surface area contributed by atoms with Gasteiger partial charge in [0.05, 0.1) is 22.2 Å². The van der Waals surface area contributed by atoms with Gasteiger partial charge in [-0.1, -0.05) is 54.4 Å². The molecule has 204 valence electrons. The molecule has 10 heteroatoms. The predicted molar refractivity (Wildman–Crippen MR) is 161 cm³/mol. The van der Waals surface area contributed by atoms with Gasteiger partial charge in [0, 0.05) is 27.2 Å². The second-order valence-corrected chi connectivity index (χ2v) is 10.6. The molecule has 0 spiro atoms. The summed E-state index contributed by atoms with van der Waals surface area (Å²) >= 11 is 13.5. The van der Waals surface area contributed by atoms with Gasteiger partial charge in [0.2, 0.25) is 5.91 Å². The maximum absolute atomic E-state index is 13.2. The van der Waals surface area contributed by atoms with Crippen LogP contribution in [0.3, 0.4) is 0 Å². The van der Waals surface area contributed by atoms with E-state index in [4.69, 9.17) is 27.6 Å². The van der Waals surface area contributed by atoms with Gasteiger partial charge < -0.3 is 20.4 Å². The average Bonchev–Trinajstić information content (AvgIpc) is 3.46. The number of rotatable bonds is 10. The molecule has 3 aromatic carbocycles. The summed E-state index contributed by atoms with van der Waals surface area (Å²) in [5.74, 6) is -0.778. The number of thioether (sulfide) groups is 1. The van der Waals surface area contributed by atoms with E-state index in [1.54, 1.807) is 78.9 Å². The number of halogens is 2. The molecular weight excluding hydrogens is 569 g/mol. The van der Waals surface area contributed by atoms with Crippen LogP contribution in [0.5, 0.6) is 0 Å². The van der Waals surface area contributed by atoms with E-state index in [2.05, 4.69) is 16.0 Å². The molecule has 40 heavy (non-hydrogen) atoms. The van der Waals surface area contributed by atoms with Crippen molar-refractivity contribution in [3.63, 3.8) is 0 Å². The summed E-state index contributed by atoms with van der Waals surface area (Å²) in [5.41, 5.74) is 1.38. The van der Waals surface area contributed by atoms with Gasteiger partial charge in [-0.25, -0.2) is 0 Å². The molecule has 0 bridgehead atoms. The molecule has 0 radical (unpaired) electrons. The first-order chi connectivity index (χ1) is 19.3. The fourth-order valence-electron chi connectivity index (χ4n) is 3.59. The number of amides is 3. The lowest BCUT2D eigenvalue weighted by atomic mass is 10.2. The third-order valence-corrected chi connectivity index (χ3v) is 7.49. The molecule has 4 rings (SSSR count). The number of benzene rings is 3. The Labute approximate surface area is 245 Å². The van der Waals surface area contributed by atoms with Crippen molar-refractivity contribution in [1.82, 2.24) is 5.32 Å². The zero-order chi connectivity index (χ0) is 28.5. The Morgan fingerprint density at radius 2 is 1.73 bits per heavy atom. The van der Waals surface area contributed by atoms with Crippen LogP contribution in [0.2, 0.25) is 10.0 Å². The lowest BCUT2D eigenvalue weighted by Crippen LogP contribution is -2.30. The molecule has 0 aliphatic heterocycles. The van der Waals surface area contributed by atoms with E-state index in [0.29, 0.717) is 39.2 Å². The zero-order valence-electron chi connectivity index (χ0n) is 21.3. The number of carbonyl (C=O) groups is 3. The van der Waals surface area contributed by atoms with E-state index >= 15 is 0 Å². The number of carbonyl (C=O) groups excluding carboxylic acids is 3. The van der Waals surface area contributed by atoms with Crippen LogP contribution in [0, 0.1) is 0 Å². The third-order valence-electron chi connectivity index (χ3n) is 5.58. The molecule has 1 heterocycles. The summed E-state index contributed by atoms with van der Waals surface area (Å²) in [4.78, 5) is 39.7. The van der Waals surface area contributed by atoms with Gasteiger partial charge in [0.1, 0.15) is 11.5 Å². The van der Waals surface area contributed by atoms with Crippen molar-refractivity contribution >= 4 is 70.1 Å². The van der Waals surface area contributed by atoms with Crippen LogP contribution in [-0.2, 0) is 9.59 Å². The third kappa shape index (κ3) is 8.02. The second kappa shape index (κ2) is 13.9. The summed E-state index contributed by atoms with van der Waals surface area (Å²) in [7, 11) is 0. The molecule has 0 aliphatic carbocycles. The lowest BCUT2D eigenvalue weighted by Gasteiger charge is -2.16. The van der Waals surface area contributed by atoms with Crippen molar-refractivity contribution in [2.45, 2.75) is 23.5 Å². The highest BCUT2D eigenvalue weighted by molar-refractivity contribution is 8.00. The number of furan rings is 1. The fourth-order valence-corrected chi connectivity index (χ4v) is 5.06. The normalized spacial score (nSPS) is 11.9. The first-order valence-corrected chi connectivity index (χ1v) is 13.9. The topological polar surface area (TPSA) is 100 Å². The Kier molecular flexibility index (Phi) is 10.1. The molecule has 7 nitrogen and oxygen atoms in total. The smallest absolute Gasteiger partial charge is 0.272 e. The van der Waals surface area contributed by atoms with Crippen molar-refractivity contribution in [3.8, 4) is 0 Å². The largest absolute Gasteiger partial charge is 0.465 e. The van der Waals surface area contributed by atoms with E-state index in [9.17, 15) is 14.4 Å². The van der Waals surface area contributed by atoms with Crippen LogP contribution < -0.4 is 16.0 Å². The molecule has 3 amide bonds. The highest BCUT2D eigenvalue weighted by atomic mass is 35.5. The molecule has 0 saturated heterocycles. The predicted octanol–water partition coefficient (Wildman–Crippen LogP) is 7.51. The van der Waals surface area contributed by atoms with Crippen LogP contribution in [0.25, 0.3) is 6.08 Å². The quantitative estimate of drug-likeness (QED) is 0.130. The van der Waals surface area contributed by atoms with Crippen LogP contribution in [0.1, 0.15) is 29.5 Å². The highest BCUT2D eigenvalue weighted by Crippen LogP contribution is 2.30. The second-order valence-electron chi connectivity index (χ2n) is 8.50. The van der Waals surface area contributed by atoms with Gasteiger partial charge in [0.15, 0.2) is 0 Å². The van der Waals surface area contributed by atoms with Gasteiger partial charge >= 0.3 is 0 Å². The van der Waals surface area contributed by atoms with Crippen molar-refractivity contribution < 1.29 is 18.8 Å². The minimum absolute atomic E-state index is 0.00696. The molecule has 1 aromatic heterocycles. The van der Waals surface area contributed by atoms with E-state index in [1.165, 1.54) is 24.1 Å². The first kappa shape index (κ1) is 29.0. The summed E-state index contributed by atoms with van der Waals surface area (Å²) in [6.45, 7) is 1.91. The molecular formula is C30H25Cl2N3O4S. The van der Waals surface area contributed by atoms with Crippen molar-refractivity contribution in [1.29, 1.82) is 0 Å². The molecule has 0 saturated carbocycles. The lowest BCUT2D eigenvalue weighted by molar-refractivity contribution is -0.116. The summed E-state index contributed by atoms with van der Waals surface area (Å²) in [6, 6.07) is 23.9. The van der Waals surface area contributed by atoms with E-state index < -0.39 is 17.1 Å². The summed E-state index contributed by atoms with van der Waals surface area (Å²) in [6.07, 6.45) is 3.48. The van der Waals surface area contributed by atoms with E-state index in [0.717, 1.165) is 4.90 Å². The Bertz CT molecular complexity index is 1530. The summed E-state index contributed by atoms with van der Waals surface area (Å²) < 4.78 is 5.34. The van der Waals surface area contributed by atoms with Crippen LogP contribution >= 0.6 is 35.0 Å². The van der Waals surface area contributed by atoms with Crippen LogP contribution in [0.4, 0.5) is 11.4 Å². The molecule has 0 fully saturated rings. The van der Waals surface area contributed by atoms with Gasteiger partial charge in [-0.2, -0.15) is 0 Å². The SMILES string of the molecule is CCC(Sc1cccc(NC(=O)/C(=C/c2ccco2)NC(=O)c2ccccc2)c1)C(=O)Nc1ccc(Cl)cc1Cl. The maximum Gasteiger partial charge on any atom is 0.272 e. The van der Waals surface area contributed by atoms with Crippen molar-refractivity contribution in [2.75, 3.05) is 10.6 Å². The van der Waals surface area contributed by atoms with Crippen molar-refractivity contribution in [2.24, 2.45) is 0 Å². The Hall–Kier alpha value is -3.98. The van der Waals surface area contributed by atoms with E-state index in [1.807, 2.05) is 13.0 Å². The molecule has 1 atom stereocenters. The summed E-state index contributed by atoms with van der Waals surface area (Å²) in [5, 5.41) is 8.74. The highest BCUT2D eigenvalue weighted by Gasteiger charge is 2.20. The van der Waals surface area contributed by atoms with Crippen LogP contribution in [0.15, 0.2) is 106 Å².